The van der Waals surface area contributed by atoms with E-state index in [1.165, 1.54) is 20.2 Å². The van der Waals surface area contributed by atoms with Gasteiger partial charge in [-0.15, -0.1) is 4.40 Å². The highest BCUT2D eigenvalue weighted by molar-refractivity contribution is 7.88. The van der Waals surface area contributed by atoms with E-state index in [1.54, 1.807) is 30.3 Å². The van der Waals surface area contributed by atoms with Gasteiger partial charge in [0, 0.05) is 18.3 Å². The Balaban J connectivity index is 1.99. The van der Waals surface area contributed by atoms with E-state index in [0.29, 0.717) is 17.0 Å². The van der Waals surface area contributed by atoms with Crippen molar-refractivity contribution >= 4 is 27.5 Å². The van der Waals surface area contributed by atoms with Crippen molar-refractivity contribution in [2.75, 3.05) is 19.5 Å². The number of hydrogen-bond donors (Lipinski definition) is 1. The topological polar surface area (TPSA) is 88.1 Å². The zero-order valence-corrected chi connectivity index (χ0v) is 16.7. The molecule has 0 spiro atoms. The minimum absolute atomic E-state index is 0.0151. The summed E-state index contributed by atoms with van der Waals surface area (Å²) in [7, 11) is -1.21. The van der Waals surface area contributed by atoms with Crippen molar-refractivity contribution in [3.05, 3.63) is 71.4 Å². The lowest BCUT2D eigenvalue weighted by atomic mass is 10.1. The standard InChI is InChI=1S/C20H21N3O4S/c1-4-14-8-5-6-11-17(14)21-20(24)19-13-18(22-28(25,26)23(19)2)15-9-7-10-16(12-15)27-3/h5-13H,4H2,1-3H3,(H,21,24). The molecule has 0 unspecified atom stereocenters. The van der Waals surface area contributed by atoms with Crippen molar-refractivity contribution in [3.63, 3.8) is 0 Å². The Labute approximate surface area is 164 Å². The molecule has 0 radical (unpaired) electrons. The molecule has 1 aliphatic heterocycles. The predicted octanol–water partition coefficient (Wildman–Crippen LogP) is 2.76. The number of para-hydroxylation sites is 1. The maximum Gasteiger partial charge on any atom is 0.345 e. The van der Waals surface area contributed by atoms with E-state index in [-0.39, 0.29) is 11.4 Å². The van der Waals surface area contributed by atoms with Crippen molar-refractivity contribution in [1.82, 2.24) is 4.31 Å². The van der Waals surface area contributed by atoms with E-state index in [4.69, 9.17) is 4.74 Å². The van der Waals surface area contributed by atoms with Crippen LogP contribution in [-0.2, 0) is 21.4 Å². The van der Waals surface area contributed by atoms with Crippen LogP contribution in [0.15, 0.2) is 64.7 Å². The number of hydrogen-bond acceptors (Lipinski definition) is 4. The maximum atomic E-state index is 12.9. The lowest BCUT2D eigenvalue weighted by molar-refractivity contribution is -0.113. The van der Waals surface area contributed by atoms with Crippen LogP contribution in [0.1, 0.15) is 18.1 Å². The number of carbonyl (C=O) groups is 1. The number of likely N-dealkylation sites (N-methyl/N-ethyl adjacent to an activating group) is 1. The molecule has 146 valence electrons. The Hall–Kier alpha value is -3.13. The molecule has 7 nitrogen and oxygen atoms in total. The number of rotatable bonds is 5. The fourth-order valence-electron chi connectivity index (χ4n) is 2.82. The molecule has 0 bridgehead atoms. The number of amides is 1. The molecule has 1 amide bonds. The average molecular weight is 399 g/mol. The predicted molar refractivity (Wildman–Crippen MR) is 109 cm³/mol. The van der Waals surface area contributed by atoms with Crippen LogP contribution >= 0.6 is 0 Å². The van der Waals surface area contributed by atoms with Crippen LogP contribution in [0.5, 0.6) is 5.75 Å². The van der Waals surface area contributed by atoms with Crippen LogP contribution < -0.4 is 10.1 Å². The molecular formula is C20H21N3O4S. The molecule has 0 atom stereocenters. The molecule has 0 aliphatic carbocycles. The first kappa shape index (κ1) is 19.6. The maximum absolute atomic E-state index is 12.9. The number of methoxy groups -OCH3 is 1. The number of allylic oxidation sites excluding steroid dienone is 1. The van der Waals surface area contributed by atoms with Gasteiger partial charge in [0.1, 0.15) is 11.4 Å². The highest BCUT2D eigenvalue weighted by Crippen LogP contribution is 2.23. The third kappa shape index (κ3) is 3.91. The van der Waals surface area contributed by atoms with Gasteiger partial charge in [-0.1, -0.05) is 37.3 Å². The quantitative estimate of drug-likeness (QED) is 0.837. The fraction of sp³-hybridized carbons (Fsp3) is 0.200. The first-order valence-corrected chi connectivity index (χ1v) is 10.1. The van der Waals surface area contributed by atoms with Crippen LogP contribution in [0.25, 0.3) is 0 Å². The van der Waals surface area contributed by atoms with Crippen LogP contribution in [0.2, 0.25) is 0 Å². The van der Waals surface area contributed by atoms with Crippen LogP contribution in [0.3, 0.4) is 0 Å². The summed E-state index contributed by atoms with van der Waals surface area (Å²) in [5.41, 5.74) is 2.30. The second-order valence-electron chi connectivity index (χ2n) is 6.15. The number of aryl methyl sites for hydroxylation is 1. The number of nitrogens with one attached hydrogen (secondary N) is 1. The Morgan fingerprint density at radius 2 is 1.93 bits per heavy atom. The lowest BCUT2D eigenvalue weighted by Gasteiger charge is -2.24. The largest absolute Gasteiger partial charge is 0.497 e. The van der Waals surface area contributed by atoms with Gasteiger partial charge in [0.05, 0.1) is 12.8 Å². The molecule has 0 fully saturated rings. The van der Waals surface area contributed by atoms with Crippen LogP contribution in [0.4, 0.5) is 5.69 Å². The zero-order chi connectivity index (χ0) is 20.3. The van der Waals surface area contributed by atoms with Gasteiger partial charge in [-0.25, -0.2) is 4.31 Å². The molecule has 1 aliphatic rings. The van der Waals surface area contributed by atoms with Gasteiger partial charge in [-0.3, -0.25) is 4.79 Å². The summed E-state index contributed by atoms with van der Waals surface area (Å²) in [5.74, 6) is 0.0371. The molecule has 1 N–H and O–H groups in total. The minimum atomic E-state index is -4.03. The van der Waals surface area contributed by atoms with Crippen molar-refractivity contribution < 1.29 is 17.9 Å². The van der Waals surface area contributed by atoms with Gasteiger partial charge in [0.25, 0.3) is 5.91 Å². The zero-order valence-electron chi connectivity index (χ0n) is 15.8. The van der Waals surface area contributed by atoms with E-state index in [1.807, 2.05) is 25.1 Å². The Kier molecular flexibility index (Phi) is 5.51. The number of nitrogens with zero attached hydrogens (tertiary/aromatic N) is 2. The SMILES string of the molecule is CCc1ccccc1NC(=O)C1=CC(c2cccc(OC)c2)=NS(=O)(=O)N1C. The normalized spacial score (nSPS) is 15.5. The first-order valence-electron chi connectivity index (χ1n) is 8.70. The van der Waals surface area contributed by atoms with Gasteiger partial charge in [0.2, 0.25) is 0 Å². The van der Waals surface area contributed by atoms with E-state index in [9.17, 15) is 13.2 Å². The van der Waals surface area contributed by atoms with Crippen molar-refractivity contribution in [1.29, 1.82) is 0 Å². The van der Waals surface area contributed by atoms with Gasteiger partial charge in [-0.2, -0.15) is 8.42 Å². The molecule has 0 saturated heterocycles. The summed E-state index contributed by atoms with van der Waals surface area (Å²) in [4.78, 5) is 12.9. The number of ether oxygens (including phenoxy) is 1. The van der Waals surface area contributed by atoms with Gasteiger partial charge >= 0.3 is 10.2 Å². The highest BCUT2D eigenvalue weighted by atomic mass is 32.2. The third-order valence-corrected chi connectivity index (χ3v) is 5.73. The Morgan fingerprint density at radius 1 is 1.18 bits per heavy atom. The van der Waals surface area contributed by atoms with E-state index in [0.717, 1.165) is 16.3 Å². The second kappa shape index (κ2) is 7.85. The molecule has 1 heterocycles. The van der Waals surface area contributed by atoms with Crippen LogP contribution in [-0.4, -0.2) is 38.5 Å². The summed E-state index contributed by atoms with van der Waals surface area (Å²) >= 11 is 0. The van der Waals surface area contributed by atoms with Gasteiger partial charge < -0.3 is 10.1 Å². The van der Waals surface area contributed by atoms with Crippen molar-refractivity contribution in [2.24, 2.45) is 4.40 Å². The third-order valence-electron chi connectivity index (χ3n) is 4.42. The summed E-state index contributed by atoms with van der Waals surface area (Å²) < 4.78 is 34.9. The van der Waals surface area contributed by atoms with E-state index >= 15 is 0 Å². The summed E-state index contributed by atoms with van der Waals surface area (Å²) in [6.45, 7) is 1.98. The van der Waals surface area contributed by atoms with E-state index in [2.05, 4.69) is 9.71 Å². The molecule has 2 aromatic carbocycles. The molecule has 28 heavy (non-hydrogen) atoms. The number of carbonyl (C=O) groups excluding carboxylic acids is 1. The number of benzene rings is 2. The summed E-state index contributed by atoms with van der Waals surface area (Å²) in [6, 6.07) is 14.2. The van der Waals surface area contributed by atoms with Crippen LogP contribution in [0, 0.1) is 0 Å². The Morgan fingerprint density at radius 3 is 2.64 bits per heavy atom. The summed E-state index contributed by atoms with van der Waals surface area (Å²) in [5, 5.41) is 2.80. The average Bonchev–Trinajstić information content (AvgIpc) is 2.70. The highest BCUT2D eigenvalue weighted by Gasteiger charge is 2.30. The first-order chi connectivity index (χ1) is 13.4. The lowest BCUT2D eigenvalue weighted by Crippen LogP contribution is -2.35. The molecular weight excluding hydrogens is 378 g/mol. The fourth-order valence-corrected chi connectivity index (χ4v) is 3.73. The second-order valence-corrected chi connectivity index (χ2v) is 7.77. The molecule has 3 rings (SSSR count). The molecule has 2 aromatic rings. The summed E-state index contributed by atoms with van der Waals surface area (Å²) in [6.07, 6.45) is 2.19. The van der Waals surface area contributed by atoms with Gasteiger partial charge in [-0.05, 0) is 36.3 Å². The van der Waals surface area contributed by atoms with Crippen molar-refractivity contribution in [2.45, 2.75) is 13.3 Å². The minimum Gasteiger partial charge on any atom is -0.497 e. The molecule has 0 aromatic heterocycles. The monoisotopic (exact) mass is 399 g/mol. The van der Waals surface area contributed by atoms with Crippen molar-refractivity contribution in [3.8, 4) is 5.75 Å². The van der Waals surface area contributed by atoms with Gasteiger partial charge in [0.15, 0.2) is 0 Å². The molecule has 0 saturated carbocycles. The Bertz CT molecular complexity index is 1070. The smallest absolute Gasteiger partial charge is 0.345 e. The molecule has 8 heteroatoms. The van der Waals surface area contributed by atoms with E-state index < -0.39 is 16.1 Å². The number of anilines is 1.